The molecule has 0 fully saturated rings. The number of nitrogens with zero attached hydrogens (tertiary/aromatic N) is 1. The standard InChI is InChI=1S/C22H26N2O3S/c1-3-5-13-26-17-9-7-16(8-10-17)21(25)24-22-23-19-12-11-18(15-20(19)28-22)27-14-6-4-2/h7-12,15H,3-6,13-14H2,1-2H3,(H,23,24,25). The van der Waals surface area contributed by atoms with Gasteiger partial charge in [-0.1, -0.05) is 38.0 Å². The number of aromatic nitrogens is 1. The maximum absolute atomic E-state index is 12.5. The van der Waals surface area contributed by atoms with Gasteiger partial charge in [-0.05, 0) is 55.3 Å². The van der Waals surface area contributed by atoms with Gasteiger partial charge in [-0.15, -0.1) is 0 Å². The summed E-state index contributed by atoms with van der Waals surface area (Å²) in [6.07, 6.45) is 4.25. The number of fused-ring (bicyclic) bond motifs is 1. The van der Waals surface area contributed by atoms with Crippen molar-refractivity contribution in [2.75, 3.05) is 18.5 Å². The van der Waals surface area contributed by atoms with Crippen molar-refractivity contribution in [3.63, 3.8) is 0 Å². The van der Waals surface area contributed by atoms with Crippen LogP contribution in [0.5, 0.6) is 11.5 Å². The molecule has 0 saturated carbocycles. The molecule has 1 heterocycles. The van der Waals surface area contributed by atoms with E-state index in [1.807, 2.05) is 30.3 Å². The Labute approximate surface area is 169 Å². The summed E-state index contributed by atoms with van der Waals surface area (Å²) in [6.45, 7) is 5.66. The molecule has 0 aliphatic carbocycles. The van der Waals surface area contributed by atoms with Crippen molar-refractivity contribution in [2.24, 2.45) is 0 Å². The lowest BCUT2D eigenvalue weighted by atomic mass is 10.2. The molecule has 28 heavy (non-hydrogen) atoms. The van der Waals surface area contributed by atoms with Crippen LogP contribution in [-0.4, -0.2) is 24.1 Å². The summed E-state index contributed by atoms with van der Waals surface area (Å²) in [5.74, 6) is 1.43. The van der Waals surface area contributed by atoms with Crippen LogP contribution in [0.1, 0.15) is 49.9 Å². The molecule has 5 nitrogen and oxygen atoms in total. The molecule has 0 saturated heterocycles. The monoisotopic (exact) mass is 398 g/mol. The molecule has 0 spiro atoms. The van der Waals surface area contributed by atoms with Gasteiger partial charge in [-0.3, -0.25) is 10.1 Å². The molecule has 0 aliphatic rings. The number of rotatable bonds is 10. The van der Waals surface area contributed by atoms with E-state index in [4.69, 9.17) is 9.47 Å². The second-order valence-electron chi connectivity index (χ2n) is 6.53. The van der Waals surface area contributed by atoms with E-state index in [0.717, 1.165) is 47.4 Å². The van der Waals surface area contributed by atoms with Gasteiger partial charge in [0.05, 0.1) is 23.4 Å². The van der Waals surface area contributed by atoms with Crippen molar-refractivity contribution in [1.29, 1.82) is 0 Å². The molecule has 0 unspecified atom stereocenters. The van der Waals surface area contributed by atoms with Crippen molar-refractivity contribution in [3.05, 3.63) is 48.0 Å². The Hall–Kier alpha value is -2.60. The van der Waals surface area contributed by atoms with Crippen molar-refractivity contribution in [1.82, 2.24) is 4.98 Å². The van der Waals surface area contributed by atoms with Crippen LogP contribution in [0.4, 0.5) is 5.13 Å². The van der Waals surface area contributed by atoms with Crippen molar-refractivity contribution >= 4 is 32.6 Å². The molecule has 0 atom stereocenters. The number of benzene rings is 2. The van der Waals surface area contributed by atoms with Gasteiger partial charge >= 0.3 is 0 Å². The fourth-order valence-electron chi connectivity index (χ4n) is 2.59. The highest BCUT2D eigenvalue weighted by Crippen LogP contribution is 2.29. The molecule has 1 amide bonds. The summed E-state index contributed by atoms with van der Waals surface area (Å²) in [7, 11) is 0. The number of amides is 1. The quantitative estimate of drug-likeness (QED) is 0.432. The molecule has 0 aliphatic heterocycles. The Morgan fingerprint density at radius 2 is 1.61 bits per heavy atom. The average molecular weight is 399 g/mol. The molecular formula is C22H26N2O3S. The van der Waals surface area contributed by atoms with Gasteiger partial charge < -0.3 is 9.47 Å². The van der Waals surface area contributed by atoms with E-state index < -0.39 is 0 Å². The first-order valence-electron chi connectivity index (χ1n) is 9.77. The number of carbonyl (C=O) groups excluding carboxylic acids is 1. The molecule has 0 bridgehead atoms. The molecule has 1 N–H and O–H groups in total. The topological polar surface area (TPSA) is 60.5 Å². The van der Waals surface area contributed by atoms with E-state index in [2.05, 4.69) is 24.1 Å². The molecule has 6 heteroatoms. The van der Waals surface area contributed by atoms with Crippen molar-refractivity contribution in [2.45, 2.75) is 39.5 Å². The number of unbranched alkanes of at least 4 members (excludes halogenated alkanes) is 2. The summed E-state index contributed by atoms with van der Waals surface area (Å²) in [4.78, 5) is 17.0. The zero-order valence-corrected chi connectivity index (χ0v) is 17.2. The van der Waals surface area contributed by atoms with E-state index >= 15 is 0 Å². The van der Waals surface area contributed by atoms with Crippen LogP contribution in [0, 0.1) is 0 Å². The minimum Gasteiger partial charge on any atom is -0.494 e. The fourth-order valence-corrected chi connectivity index (χ4v) is 3.48. The van der Waals surface area contributed by atoms with Gasteiger partial charge in [-0.2, -0.15) is 0 Å². The maximum atomic E-state index is 12.5. The van der Waals surface area contributed by atoms with Crippen LogP contribution in [-0.2, 0) is 0 Å². The third-order valence-corrected chi connectivity index (χ3v) is 5.16. The predicted molar refractivity (Wildman–Crippen MR) is 115 cm³/mol. The Balaban J connectivity index is 1.62. The van der Waals surface area contributed by atoms with E-state index in [1.54, 1.807) is 12.1 Å². The van der Waals surface area contributed by atoms with Gasteiger partial charge in [0, 0.05) is 5.56 Å². The lowest BCUT2D eigenvalue weighted by Crippen LogP contribution is -2.11. The van der Waals surface area contributed by atoms with Crippen LogP contribution in [0.25, 0.3) is 10.2 Å². The second-order valence-corrected chi connectivity index (χ2v) is 7.56. The maximum Gasteiger partial charge on any atom is 0.257 e. The lowest BCUT2D eigenvalue weighted by Gasteiger charge is -2.06. The molecule has 148 valence electrons. The fraction of sp³-hybridized carbons (Fsp3) is 0.364. The first-order valence-corrected chi connectivity index (χ1v) is 10.6. The minimum absolute atomic E-state index is 0.182. The highest BCUT2D eigenvalue weighted by atomic mass is 32.1. The SMILES string of the molecule is CCCCOc1ccc(C(=O)Nc2nc3ccc(OCCCC)cc3s2)cc1. The summed E-state index contributed by atoms with van der Waals surface area (Å²) in [5, 5.41) is 3.46. The lowest BCUT2D eigenvalue weighted by molar-refractivity contribution is 0.102. The van der Waals surface area contributed by atoms with Crippen molar-refractivity contribution < 1.29 is 14.3 Å². The van der Waals surface area contributed by atoms with Gasteiger partial charge in [0.2, 0.25) is 0 Å². The second kappa shape index (κ2) is 10.1. The van der Waals surface area contributed by atoms with E-state index in [1.165, 1.54) is 11.3 Å². The zero-order valence-electron chi connectivity index (χ0n) is 16.4. The van der Waals surface area contributed by atoms with Crippen LogP contribution < -0.4 is 14.8 Å². The molecule has 2 aromatic carbocycles. The van der Waals surface area contributed by atoms with Crippen LogP contribution in [0.3, 0.4) is 0 Å². The van der Waals surface area contributed by atoms with Gasteiger partial charge in [0.15, 0.2) is 5.13 Å². The highest BCUT2D eigenvalue weighted by Gasteiger charge is 2.11. The van der Waals surface area contributed by atoms with Gasteiger partial charge in [0.1, 0.15) is 11.5 Å². The Morgan fingerprint density at radius 1 is 0.964 bits per heavy atom. The summed E-state index contributed by atoms with van der Waals surface area (Å²) < 4.78 is 12.4. The average Bonchev–Trinajstić information content (AvgIpc) is 3.10. The number of hydrogen-bond donors (Lipinski definition) is 1. The van der Waals surface area contributed by atoms with E-state index in [9.17, 15) is 4.79 Å². The summed E-state index contributed by atoms with van der Waals surface area (Å²) in [6, 6.07) is 13.0. The molecule has 3 aromatic rings. The van der Waals surface area contributed by atoms with E-state index in [-0.39, 0.29) is 5.91 Å². The summed E-state index contributed by atoms with van der Waals surface area (Å²) >= 11 is 1.44. The minimum atomic E-state index is -0.182. The number of anilines is 1. The molecule has 1 aromatic heterocycles. The Bertz CT molecular complexity index is 906. The van der Waals surface area contributed by atoms with Crippen LogP contribution in [0.2, 0.25) is 0 Å². The van der Waals surface area contributed by atoms with Crippen LogP contribution >= 0.6 is 11.3 Å². The number of hydrogen-bond acceptors (Lipinski definition) is 5. The van der Waals surface area contributed by atoms with Crippen molar-refractivity contribution in [3.8, 4) is 11.5 Å². The summed E-state index contributed by atoms with van der Waals surface area (Å²) in [5.41, 5.74) is 1.42. The molecule has 3 rings (SSSR count). The normalized spacial score (nSPS) is 10.8. The molecule has 0 radical (unpaired) electrons. The Kier molecular flexibility index (Phi) is 7.25. The first-order chi connectivity index (χ1) is 13.7. The smallest absolute Gasteiger partial charge is 0.257 e. The van der Waals surface area contributed by atoms with Gasteiger partial charge in [0.25, 0.3) is 5.91 Å². The Morgan fingerprint density at radius 3 is 2.29 bits per heavy atom. The third kappa shape index (κ3) is 5.45. The predicted octanol–water partition coefficient (Wildman–Crippen LogP) is 5.91. The highest BCUT2D eigenvalue weighted by molar-refractivity contribution is 7.22. The third-order valence-electron chi connectivity index (χ3n) is 4.23. The number of nitrogens with one attached hydrogen (secondary N) is 1. The van der Waals surface area contributed by atoms with E-state index in [0.29, 0.717) is 23.9 Å². The first kappa shape index (κ1) is 20.1. The van der Waals surface area contributed by atoms with Crippen LogP contribution in [0.15, 0.2) is 42.5 Å². The molecular weight excluding hydrogens is 372 g/mol. The zero-order chi connectivity index (χ0) is 19.8. The number of carbonyl (C=O) groups is 1. The largest absolute Gasteiger partial charge is 0.494 e. The number of ether oxygens (including phenoxy) is 2. The van der Waals surface area contributed by atoms with Gasteiger partial charge in [-0.25, -0.2) is 4.98 Å². The number of thiazole rings is 1.